The van der Waals surface area contributed by atoms with Gasteiger partial charge in [-0.2, -0.15) is 0 Å². The lowest BCUT2D eigenvalue weighted by Gasteiger charge is -2.17. The second-order valence-corrected chi connectivity index (χ2v) is 9.76. The van der Waals surface area contributed by atoms with Gasteiger partial charge in [-0.15, -0.1) is 10.2 Å². The van der Waals surface area contributed by atoms with E-state index in [1.165, 1.54) is 32.7 Å². The molecule has 0 aliphatic carbocycles. The molecule has 0 fully saturated rings. The predicted octanol–water partition coefficient (Wildman–Crippen LogP) is 3.03. The molecule has 0 saturated carbocycles. The molecule has 0 aliphatic heterocycles. The summed E-state index contributed by atoms with van der Waals surface area (Å²) >= 11 is 0. The van der Waals surface area contributed by atoms with E-state index in [4.69, 9.17) is 14.2 Å². The molecule has 0 saturated heterocycles. The van der Waals surface area contributed by atoms with Crippen LogP contribution in [-0.4, -0.2) is 63.9 Å². The predicted molar refractivity (Wildman–Crippen MR) is 142 cm³/mol. The largest absolute Gasteiger partial charge is 0.494 e. The summed E-state index contributed by atoms with van der Waals surface area (Å²) in [5.41, 5.74) is 1.68. The fraction of sp³-hybridized carbons (Fsp3) is 0.200. The number of rotatable bonds is 10. The molecule has 5 aromatic rings. The molecule has 5 rings (SSSR count). The highest BCUT2D eigenvalue weighted by molar-refractivity contribution is 7.91. The van der Waals surface area contributed by atoms with Gasteiger partial charge in [0, 0.05) is 24.5 Å². The number of nitrogens with one attached hydrogen (secondary N) is 1. The number of methoxy groups -OCH3 is 2. The highest BCUT2D eigenvalue weighted by Crippen LogP contribution is 2.38. The van der Waals surface area contributed by atoms with Gasteiger partial charge >= 0.3 is 0 Å². The number of para-hydroxylation sites is 1. The van der Waals surface area contributed by atoms with E-state index in [9.17, 15) is 8.42 Å². The van der Waals surface area contributed by atoms with Crippen molar-refractivity contribution in [2.24, 2.45) is 0 Å². The average Bonchev–Trinajstić information content (AvgIpc) is 3.31. The van der Waals surface area contributed by atoms with Gasteiger partial charge in [-0.25, -0.2) is 28.4 Å². The Balaban J connectivity index is 1.69. The van der Waals surface area contributed by atoms with E-state index in [2.05, 4.69) is 34.9 Å². The summed E-state index contributed by atoms with van der Waals surface area (Å²) in [4.78, 5) is 17.2. The molecule has 39 heavy (non-hydrogen) atoms. The first-order valence-corrected chi connectivity index (χ1v) is 13.4. The molecule has 0 atom stereocenters. The summed E-state index contributed by atoms with van der Waals surface area (Å²) in [5, 5.41) is 8.24. The van der Waals surface area contributed by atoms with Crippen molar-refractivity contribution in [1.82, 2.24) is 34.7 Å². The van der Waals surface area contributed by atoms with E-state index in [1.54, 1.807) is 47.0 Å². The minimum absolute atomic E-state index is 0.0176. The maximum atomic E-state index is 12.8. The Morgan fingerprint density at radius 2 is 1.64 bits per heavy atom. The van der Waals surface area contributed by atoms with Crippen molar-refractivity contribution in [1.29, 1.82) is 0 Å². The number of imidazole rings is 1. The van der Waals surface area contributed by atoms with Crippen molar-refractivity contribution < 1.29 is 22.6 Å². The van der Waals surface area contributed by atoms with Crippen molar-refractivity contribution in [3.8, 4) is 34.6 Å². The number of pyridine rings is 1. The lowest BCUT2D eigenvalue weighted by molar-refractivity contribution is 0.327. The number of hydrogen-bond acceptors (Lipinski definition) is 11. The van der Waals surface area contributed by atoms with Crippen LogP contribution in [0, 0.1) is 0 Å². The minimum atomic E-state index is -3.90. The van der Waals surface area contributed by atoms with Gasteiger partial charge in [0.2, 0.25) is 21.6 Å². The van der Waals surface area contributed by atoms with E-state index < -0.39 is 15.8 Å². The fourth-order valence-electron chi connectivity index (χ4n) is 3.92. The summed E-state index contributed by atoms with van der Waals surface area (Å²) in [5.74, 6) is 1.46. The topological polar surface area (TPSA) is 156 Å². The zero-order chi connectivity index (χ0) is 27.4. The Morgan fingerprint density at radius 3 is 2.33 bits per heavy atom. The Morgan fingerprint density at radius 1 is 0.923 bits per heavy atom. The number of anilines is 1. The molecular formula is C25H24N8O5S. The number of nitrogens with zero attached hydrogens (tertiary/aromatic N) is 7. The SMILES string of the molecule is CCOc1cccc(-c2nc3nnc(NS(=O)(=O)Cc4ncccn4)cc3n2-c2c(OC)cccc2OC)n1. The zero-order valence-electron chi connectivity index (χ0n) is 21.3. The maximum Gasteiger partial charge on any atom is 0.241 e. The Labute approximate surface area is 223 Å². The van der Waals surface area contributed by atoms with Gasteiger partial charge in [-0.05, 0) is 31.2 Å². The number of sulfonamides is 1. The third kappa shape index (κ3) is 5.40. The van der Waals surface area contributed by atoms with Crippen LogP contribution in [0.3, 0.4) is 0 Å². The van der Waals surface area contributed by atoms with Crippen LogP contribution in [0.25, 0.3) is 28.4 Å². The van der Waals surface area contributed by atoms with Gasteiger partial charge in [-0.1, -0.05) is 12.1 Å². The molecule has 4 aromatic heterocycles. The zero-order valence-corrected chi connectivity index (χ0v) is 22.1. The first kappa shape index (κ1) is 25.8. The molecule has 13 nitrogen and oxygen atoms in total. The standard InChI is InChI=1S/C25H24N8O5S/c1-4-38-22-11-5-8-16(28-22)25-29-24-17(33(25)23-18(36-2)9-6-10-19(23)37-3)14-20(30-31-24)32-39(34,35)15-21-26-12-7-13-27-21/h5-14H,4,15H2,1-3H3,(H,30,32). The third-order valence-corrected chi connectivity index (χ3v) is 6.65. The van der Waals surface area contributed by atoms with Crippen molar-refractivity contribution in [2.45, 2.75) is 12.7 Å². The quantitative estimate of drug-likeness (QED) is 0.274. The van der Waals surface area contributed by atoms with Crippen molar-refractivity contribution in [3.05, 3.63) is 66.7 Å². The van der Waals surface area contributed by atoms with E-state index in [-0.39, 0.29) is 17.3 Å². The van der Waals surface area contributed by atoms with Crippen LogP contribution in [0.15, 0.2) is 60.9 Å². The smallest absolute Gasteiger partial charge is 0.241 e. The van der Waals surface area contributed by atoms with Crippen LogP contribution < -0.4 is 18.9 Å². The summed E-state index contributed by atoms with van der Waals surface area (Å²) in [6.45, 7) is 2.31. The van der Waals surface area contributed by atoms with Gasteiger partial charge in [0.15, 0.2) is 11.6 Å². The molecule has 0 bridgehead atoms. The summed E-state index contributed by atoms with van der Waals surface area (Å²) in [6, 6.07) is 13.8. The van der Waals surface area contributed by atoms with E-state index >= 15 is 0 Å². The van der Waals surface area contributed by atoms with Gasteiger partial charge < -0.3 is 14.2 Å². The molecule has 0 aliphatic rings. The Bertz CT molecular complexity index is 1710. The van der Waals surface area contributed by atoms with Crippen LogP contribution in [0.4, 0.5) is 5.82 Å². The lowest BCUT2D eigenvalue weighted by Crippen LogP contribution is -2.17. The van der Waals surface area contributed by atoms with Gasteiger partial charge in [-0.3, -0.25) is 9.29 Å². The van der Waals surface area contributed by atoms with Crippen LogP contribution in [0.2, 0.25) is 0 Å². The summed E-state index contributed by atoms with van der Waals surface area (Å²) in [6.07, 6.45) is 2.94. The molecule has 200 valence electrons. The molecule has 0 spiro atoms. The minimum Gasteiger partial charge on any atom is -0.494 e. The van der Waals surface area contributed by atoms with Crippen LogP contribution in [-0.2, 0) is 15.8 Å². The maximum absolute atomic E-state index is 12.8. The van der Waals surface area contributed by atoms with Crippen LogP contribution >= 0.6 is 0 Å². The second-order valence-electron chi connectivity index (χ2n) is 8.04. The average molecular weight is 549 g/mol. The first-order chi connectivity index (χ1) is 18.9. The van der Waals surface area contributed by atoms with Crippen LogP contribution in [0.5, 0.6) is 17.4 Å². The van der Waals surface area contributed by atoms with E-state index in [1.807, 2.05) is 6.92 Å². The van der Waals surface area contributed by atoms with E-state index in [0.717, 1.165) is 0 Å². The molecule has 1 aromatic carbocycles. The highest BCUT2D eigenvalue weighted by atomic mass is 32.2. The molecule has 0 radical (unpaired) electrons. The second kappa shape index (κ2) is 10.9. The molecule has 0 unspecified atom stereocenters. The molecule has 0 amide bonds. The molecule has 1 N–H and O–H groups in total. The van der Waals surface area contributed by atoms with Gasteiger partial charge in [0.1, 0.15) is 34.5 Å². The number of ether oxygens (including phenoxy) is 3. The normalized spacial score (nSPS) is 11.4. The third-order valence-electron chi connectivity index (χ3n) is 5.49. The number of hydrogen-bond donors (Lipinski definition) is 1. The number of benzene rings is 1. The van der Waals surface area contributed by atoms with Gasteiger partial charge in [0.25, 0.3) is 0 Å². The summed E-state index contributed by atoms with van der Waals surface area (Å²) in [7, 11) is -0.827. The van der Waals surface area contributed by atoms with Crippen LogP contribution in [0.1, 0.15) is 12.7 Å². The van der Waals surface area contributed by atoms with Crippen molar-refractivity contribution in [3.63, 3.8) is 0 Å². The first-order valence-electron chi connectivity index (χ1n) is 11.8. The number of fused-ring (bicyclic) bond motifs is 1. The monoisotopic (exact) mass is 548 g/mol. The molecular weight excluding hydrogens is 524 g/mol. The van der Waals surface area contributed by atoms with Crippen molar-refractivity contribution >= 4 is 27.0 Å². The molecule has 14 heteroatoms. The number of aromatic nitrogens is 7. The van der Waals surface area contributed by atoms with Crippen molar-refractivity contribution in [2.75, 3.05) is 25.5 Å². The molecule has 4 heterocycles. The lowest BCUT2D eigenvalue weighted by atomic mass is 10.2. The summed E-state index contributed by atoms with van der Waals surface area (Å²) < 4.78 is 46.8. The fourth-order valence-corrected chi connectivity index (χ4v) is 4.90. The Kier molecular flexibility index (Phi) is 7.19. The Hall–Kier alpha value is -4.85. The highest BCUT2D eigenvalue weighted by Gasteiger charge is 2.24. The van der Waals surface area contributed by atoms with Gasteiger partial charge in [0.05, 0.1) is 26.3 Å². The van der Waals surface area contributed by atoms with E-state index in [0.29, 0.717) is 46.7 Å².